The van der Waals surface area contributed by atoms with Gasteiger partial charge in [-0.15, -0.1) is 0 Å². The first kappa shape index (κ1) is 19.0. The van der Waals surface area contributed by atoms with Crippen LogP contribution in [0.2, 0.25) is 0 Å². The zero-order chi connectivity index (χ0) is 18.6. The average molecular weight is 357 g/mol. The Hall–Kier alpha value is -2.38. The van der Waals surface area contributed by atoms with Gasteiger partial charge in [-0.1, -0.05) is 6.07 Å². The lowest BCUT2D eigenvalue weighted by Gasteiger charge is -2.20. The summed E-state index contributed by atoms with van der Waals surface area (Å²) in [5.74, 6) is -0.670. The molecule has 0 aliphatic carbocycles. The number of halogens is 2. The summed E-state index contributed by atoms with van der Waals surface area (Å²) in [7, 11) is 1.28. The van der Waals surface area contributed by atoms with E-state index in [1.165, 1.54) is 25.0 Å². The van der Waals surface area contributed by atoms with Crippen LogP contribution in [0.4, 0.5) is 8.78 Å². The third-order valence-corrected chi connectivity index (χ3v) is 4.13. The molecule has 0 spiro atoms. The minimum absolute atomic E-state index is 0.0495. The van der Waals surface area contributed by atoms with Crippen LogP contribution in [0.5, 0.6) is 11.5 Å². The standard InChI is InChI=1S/C17H21F2NO5/c1-4-24-15-8-11(5-6-14(15)25-17(18)19)12-7-13(16(22)23-3)20(9-12)10(2)21/h5-6,8,12-13,17H,4,7,9H2,1-3H3. The minimum Gasteiger partial charge on any atom is -0.490 e. The van der Waals surface area contributed by atoms with Gasteiger partial charge < -0.3 is 19.1 Å². The number of esters is 1. The van der Waals surface area contributed by atoms with Gasteiger partial charge in [-0.3, -0.25) is 4.79 Å². The van der Waals surface area contributed by atoms with Crippen molar-refractivity contribution in [3.63, 3.8) is 0 Å². The van der Waals surface area contributed by atoms with E-state index >= 15 is 0 Å². The number of nitrogens with zero attached hydrogens (tertiary/aromatic N) is 1. The summed E-state index contributed by atoms with van der Waals surface area (Å²) in [4.78, 5) is 25.2. The topological polar surface area (TPSA) is 65.1 Å². The Labute approximate surface area is 144 Å². The number of amides is 1. The fourth-order valence-corrected chi connectivity index (χ4v) is 3.03. The Morgan fingerprint density at radius 1 is 1.32 bits per heavy atom. The summed E-state index contributed by atoms with van der Waals surface area (Å²) >= 11 is 0. The Kier molecular flexibility index (Phi) is 6.17. The maximum absolute atomic E-state index is 12.5. The number of carbonyl (C=O) groups excluding carboxylic acids is 2. The molecule has 2 atom stereocenters. The van der Waals surface area contributed by atoms with Gasteiger partial charge in [0.1, 0.15) is 6.04 Å². The molecular formula is C17H21F2NO5. The van der Waals surface area contributed by atoms with Gasteiger partial charge in [-0.05, 0) is 31.0 Å². The van der Waals surface area contributed by atoms with Crippen molar-refractivity contribution in [2.24, 2.45) is 0 Å². The number of hydrogen-bond donors (Lipinski definition) is 0. The van der Waals surface area contributed by atoms with E-state index < -0.39 is 18.6 Å². The van der Waals surface area contributed by atoms with Crippen molar-refractivity contribution >= 4 is 11.9 Å². The second-order valence-corrected chi connectivity index (χ2v) is 5.66. The predicted molar refractivity (Wildman–Crippen MR) is 84.8 cm³/mol. The molecule has 1 heterocycles. The number of hydrogen-bond acceptors (Lipinski definition) is 5. The third kappa shape index (κ3) is 4.37. The third-order valence-electron chi connectivity index (χ3n) is 4.13. The fourth-order valence-electron chi connectivity index (χ4n) is 3.03. The van der Waals surface area contributed by atoms with E-state index in [9.17, 15) is 18.4 Å². The molecule has 138 valence electrons. The van der Waals surface area contributed by atoms with Crippen molar-refractivity contribution in [2.75, 3.05) is 20.3 Å². The summed E-state index contributed by atoms with van der Waals surface area (Å²) in [6, 6.07) is 4.02. The number of methoxy groups -OCH3 is 1. The van der Waals surface area contributed by atoms with Crippen LogP contribution in [0.1, 0.15) is 31.7 Å². The first-order valence-electron chi connectivity index (χ1n) is 7.93. The Morgan fingerprint density at radius 3 is 2.60 bits per heavy atom. The van der Waals surface area contributed by atoms with Crippen LogP contribution >= 0.6 is 0 Å². The van der Waals surface area contributed by atoms with Crippen LogP contribution in [0, 0.1) is 0 Å². The van der Waals surface area contributed by atoms with Gasteiger partial charge in [0.2, 0.25) is 5.91 Å². The van der Waals surface area contributed by atoms with Crippen LogP contribution in [-0.4, -0.2) is 49.7 Å². The average Bonchev–Trinajstić information content (AvgIpc) is 3.01. The molecule has 2 unspecified atom stereocenters. The Balaban J connectivity index is 2.27. The Bertz CT molecular complexity index is 637. The molecule has 1 aromatic rings. The largest absolute Gasteiger partial charge is 0.490 e. The van der Waals surface area contributed by atoms with Crippen LogP contribution in [-0.2, 0) is 14.3 Å². The second kappa shape index (κ2) is 8.13. The van der Waals surface area contributed by atoms with Crippen molar-refractivity contribution in [3.8, 4) is 11.5 Å². The van der Waals surface area contributed by atoms with Crippen LogP contribution in [0.25, 0.3) is 0 Å². The quantitative estimate of drug-likeness (QED) is 0.732. The number of alkyl halides is 2. The minimum atomic E-state index is -2.95. The van der Waals surface area contributed by atoms with Gasteiger partial charge >= 0.3 is 12.6 Å². The lowest BCUT2D eigenvalue weighted by atomic mass is 9.96. The maximum Gasteiger partial charge on any atom is 0.387 e. The summed E-state index contributed by atoms with van der Waals surface area (Å²) in [6.07, 6.45) is 0.396. The molecule has 0 bridgehead atoms. The molecule has 2 rings (SSSR count). The normalized spacial score (nSPS) is 19.8. The molecule has 1 amide bonds. The molecule has 8 heteroatoms. The van der Waals surface area contributed by atoms with Gasteiger partial charge in [0.05, 0.1) is 13.7 Å². The summed E-state index contributed by atoms with van der Waals surface area (Å²) in [5.41, 5.74) is 0.780. The highest BCUT2D eigenvalue weighted by Crippen LogP contribution is 2.37. The smallest absolute Gasteiger partial charge is 0.387 e. The van der Waals surface area contributed by atoms with Crippen LogP contribution in [0.15, 0.2) is 18.2 Å². The lowest BCUT2D eigenvalue weighted by molar-refractivity contribution is -0.150. The van der Waals surface area contributed by atoms with E-state index in [1.807, 2.05) is 0 Å². The SMILES string of the molecule is CCOc1cc(C2CC(C(=O)OC)N(C(C)=O)C2)ccc1OC(F)F. The molecule has 1 aromatic carbocycles. The number of rotatable bonds is 6. The van der Waals surface area contributed by atoms with Gasteiger partial charge in [-0.2, -0.15) is 8.78 Å². The van der Waals surface area contributed by atoms with E-state index in [0.717, 1.165) is 5.56 Å². The van der Waals surface area contributed by atoms with Gasteiger partial charge in [0.25, 0.3) is 0 Å². The van der Waals surface area contributed by atoms with Crippen molar-refractivity contribution in [2.45, 2.75) is 38.8 Å². The molecule has 1 fully saturated rings. The first-order chi connectivity index (χ1) is 11.9. The molecule has 6 nitrogen and oxygen atoms in total. The van der Waals surface area contributed by atoms with E-state index in [-0.39, 0.29) is 29.9 Å². The molecule has 0 saturated carbocycles. The van der Waals surface area contributed by atoms with Crippen molar-refractivity contribution in [1.82, 2.24) is 4.90 Å². The van der Waals surface area contributed by atoms with Crippen molar-refractivity contribution < 1.29 is 32.6 Å². The van der Waals surface area contributed by atoms with Crippen molar-refractivity contribution in [3.05, 3.63) is 23.8 Å². The molecule has 0 N–H and O–H groups in total. The van der Waals surface area contributed by atoms with Gasteiger partial charge in [0.15, 0.2) is 11.5 Å². The Morgan fingerprint density at radius 2 is 2.04 bits per heavy atom. The molecule has 0 radical (unpaired) electrons. The fraction of sp³-hybridized carbons (Fsp3) is 0.529. The zero-order valence-corrected chi connectivity index (χ0v) is 14.3. The first-order valence-corrected chi connectivity index (χ1v) is 7.93. The molecule has 25 heavy (non-hydrogen) atoms. The lowest BCUT2D eigenvalue weighted by Crippen LogP contribution is -2.39. The molecule has 1 aliphatic rings. The van der Waals surface area contributed by atoms with Crippen LogP contribution < -0.4 is 9.47 Å². The molecule has 0 aromatic heterocycles. The number of likely N-dealkylation sites (tertiary alicyclic amines) is 1. The van der Waals surface area contributed by atoms with Gasteiger partial charge in [0, 0.05) is 19.4 Å². The number of benzene rings is 1. The van der Waals surface area contributed by atoms with Crippen LogP contribution in [0.3, 0.4) is 0 Å². The van der Waals surface area contributed by atoms with Gasteiger partial charge in [-0.25, -0.2) is 4.79 Å². The number of carbonyl (C=O) groups is 2. The predicted octanol–water partition coefficient (Wildman–Crippen LogP) is 2.56. The highest BCUT2D eigenvalue weighted by molar-refractivity contribution is 5.84. The highest BCUT2D eigenvalue weighted by Gasteiger charge is 2.39. The van der Waals surface area contributed by atoms with Crippen molar-refractivity contribution in [1.29, 1.82) is 0 Å². The highest BCUT2D eigenvalue weighted by atomic mass is 19.3. The zero-order valence-electron chi connectivity index (χ0n) is 14.3. The maximum atomic E-state index is 12.5. The summed E-state index contributed by atoms with van der Waals surface area (Å²) < 4.78 is 39.6. The van der Waals surface area contributed by atoms with E-state index in [4.69, 9.17) is 9.47 Å². The second-order valence-electron chi connectivity index (χ2n) is 5.66. The molecular weight excluding hydrogens is 336 g/mol. The summed E-state index contributed by atoms with van der Waals surface area (Å²) in [5, 5.41) is 0. The summed E-state index contributed by atoms with van der Waals surface area (Å²) in [6.45, 7) is 0.810. The van der Waals surface area contributed by atoms with E-state index in [0.29, 0.717) is 13.0 Å². The van der Waals surface area contributed by atoms with E-state index in [2.05, 4.69) is 4.74 Å². The molecule has 1 saturated heterocycles. The number of ether oxygens (including phenoxy) is 3. The monoisotopic (exact) mass is 357 g/mol. The van der Waals surface area contributed by atoms with E-state index in [1.54, 1.807) is 19.1 Å². The molecule has 1 aliphatic heterocycles.